The molecule has 8 heteroatoms. The molecule has 8 nitrogen and oxygen atoms in total. The van der Waals surface area contributed by atoms with Crippen LogP contribution < -0.4 is 10.7 Å². The van der Waals surface area contributed by atoms with Gasteiger partial charge in [0.05, 0.1) is 5.39 Å². The highest BCUT2D eigenvalue weighted by Gasteiger charge is 2.21. The summed E-state index contributed by atoms with van der Waals surface area (Å²) in [4.78, 5) is 35.1. The molecule has 0 aliphatic heterocycles. The Morgan fingerprint density at radius 2 is 1.88 bits per heavy atom. The van der Waals surface area contributed by atoms with E-state index in [0.717, 1.165) is 42.5 Å². The molecule has 0 saturated heterocycles. The Kier molecular flexibility index (Phi) is 5.50. The molecule has 3 heterocycles. The number of aromatic nitrogens is 4. The summed E-state index contributed by atoms with van der Waals surface area (Å²) in [6.45, 7) is 3.87. The van der Waals surface area contributed by atoms with Crippen LogP contribution in [0.1, 0.15) is 36.9 Å². The lowest BCUT2D eigenvalue weighted by atomic mass is 10.1. The summed E-state index contributed by atoms with van der Waals surface area (Å²) >= 11 is 0. The molecule has 4 aromatic rings. The molecule has 1 saturated carbocycles. The molecule has 1 N–H and O–H groups in total. The van der Waals surface area contributed by atoms with Crippen molar-refractivity contribution in [3.05, 3.63) is 64.1 Å². The van der Waals surface area contributed by atoms with E-state index in [2.05, 4.69) is 20.4 Å². The Bertz CT molecular complexity index is 1400. The van der Waals surface area contributed by atoms with Crippen molar-refractivity contribution in [1.29, 1.82) is 0 Å². The van der Waals surface area contributed by atoms with Crippen LogP contribution in [0, 0.1) is 13.8 Å². The first-order valence-electron chi connectivity index (χ1n) is 11.2. The topological polar surface area (TPSA) is 103 Å². The van der Waals surface area contributed by atoms with Crippen LogP contribution in [0.25, 0.3) is 33.9 Å². The van der Waals surface area contributed by atoms with E-state index in [-0.39, 0.29) is 35.4 Å². The number of nitrogens with zero attached hydrogens (tertiary/aromatic N) is 4. The van der Waals surface area contributed by atoms with E-state index in [9.17, 15) is 9.59 Å². The van der Waals surface area contributed by atoms with Crippen molar-refractivity contribution in [1.82, 2.24) is 25.0 Å². The van der Waals surface area contributed by atoms with Gasteiger partial charge in [0.25, 0.3) is 5.89 Å². The van der Waals surface area contributed by atoms with E-state index in [1.54, 1.807) is 22.9 Å². The molecule has 168 valence electrons. The number of rotatable bonds is 5. The van der Waals surface area contributed by atoms with Gasteiger partial charge in [0.2, 0.25) is 17.2 Å². The number of carbonyl (C=O) groups excluding carboxylic acids is 1. The lowest BCUT2D eigenvalue weighted by Gasteiger charge is -2.15. The molecular formula is C25H25N5O3. The van der Waals surface area contributed by atoms with E-state index >= 15 is 0 Å². The van der Waals surface area contributed by atoms with Crippen LogP contribution >= 0.6 is 0 Å². The minimum absolute atomic E-state index is 0.0511. The number of aryl methyl sites for hydroxylation is 2. The fourth-order valence-electron chi connectivity index (χ4n) is 4.40. The molecule has 0 bridgehead atoms. The summed E-state index contributed by atoms with van der Waals surface area (Å²) in [6.07, 6.45) is 5.88. The maximum absolute atomic E-state index is 13.3. The predicted molar refractivity (Wildman–Crippen MR) is 125 cm³/mol. The standard InChI is InChI=1S/C25H25N5O3/c1-15-7-3-6-10-18(15)23-28-25(33-29-23)20-13-30(14-21(31)27-17-8-4-5-9-17)24-19(22(20)32)12-11-16(2)26-24/h3,6-7,10-13,17H,4-5,8-9,14H2,1-2H3,(H,27,31). The second kappa shape index (κ2) is 8.61. The van der Waals surface area contributed by atoms with Crippen molar-refractivity contribution in [2.24, 2.45) is 0 Å². The van der Waals surface area contributed by atoms with E-state index < -0.39 is 0 Å². The Labute approximate surface area is 190 Å². The average Bonchev–Trinajstić information content (AvgIpc) is 3.48. The molecule has 1 aromatic carbocycles. The minimum Gasteiger partial charge on any atom is -0.352 e. The van der Waals surface area contributed by atoms with Gasteiger partial charge < -0.3 is 14.4 Å². The molecule has 0 spiro atoms. The Hall–Kier alpha value is -3.81. The van der Waals surface area contributed by atoms with Gasteiger partial charge >= 0.3 is 0 Å². The van der Waals surface area contributed by atoms with Gasteiger partial charge in [-0.1, -0.05) is 42.3 Å². The van der Waals surface area contributed by atoms with Crippen molar-refractivity contribution in [3.63, 3.8) is 0 Å². The zero-order valence-electron chi connectivity index (χ0n) is 18.7. The molecule has 33 heavy (non-hydrogen) atoms. The second-order valence-corrected chi connectivity index (χ2v) is 8.61. The van der Waals surface area contributed by atoms with Crippen LogP contribution in [0.2, 0.25) is 0 Å². The lowest BCUT2D eigenvalue weighted by molar-refractivity contribution is -0.122. The third-order valence-electron chi connectivity index (χ3n) is 6.14. The van der Waals surface area contributed by atoms with Gasteiger partial charge in [0.1, 0.15) is 17.8 Å². The van der Waals surface area contributed by atoms with E-state index in [1.807, 2.05) is 38.1 Å². The molecule has 5 rings (SSSR count). The summed E-state index contributed by atoms with van der Waals surface area (Å²) in [5.41, 5.74) is 3.05. The summed E-state index contributed by atoms with van der Waals surface area (Å²) in [5, 5.41) is 7.59. The fourth-order valence-corrected chi connectivity index (χ4v) is 4.40. The van der Waals surface area contributed by atoms with Gasteiger partial charge in [0.15, 0.2) is 0 Å². The Morgan fingerprint density at radius 1 is 1.09 bits per heavy atom. The van der Waals surface area contributed by atoms with Crippen molar-refractivity contribution >= 4 is 16.9 Å². The number of fused-ring (bicyclic) bond motifs is 1. The third kappa shape index (κ3) is 4.16. The molecule has 1 aliphatic carbocycles. The van der Waals surface area contributed by atoms with E-state index in [0.29, 0.717) is 16.9 Å². The molecule has 1 aliphatic rings. The van der Waals surface area contributed by atoms with Crippen LogP contribution in [0.5, 0.6) is 0 Å². The summed E-state index contributed by atoms with van der Waals surface area (Å²) in [6, 6.07) is 11.4. The summed E-state index contributed by atoms with van der Waals surface area (Å²) in [5.74, 6) is 0.424. The quantitative estimate of drug-likeness (QED) is 0.503. The van der Waals surface area contributed by atoms with Crippen LogP contribution in [-0.2, 0) is 11.3 Å². The molecular weight excluding hydrogens is 418 g/mol. The highest BCUT2D eigenvalue weighted by Crippen LogP contribution is 2.24. The highest BCUT2D eigenvalue weighted by atomic mass is 16.5. The van der Waals surface area contributed by atoms with Crippen molar-refractivity contribution < 1.29 is 9.32 Å². The van der Waals surface area contributed by atoms with Crippen LogP contribution in [-0.4, -0.2) is 31.6 Å². The van der Waals surface area contributed by atoms with Crippen molar-refractivity contribution in [2.45, 2.75) is 52.1 Å². The normalized spacial score (nSPS) is 14.1. The lowest BCUT2D eigenvalue weighted by Crippen LogP contribution is -2.35. The van der Waals surface area contributed by atoms with Gasteiger partial charge in [-0.15, -0.1) is 0 Å². The number of hydrogen-bond donors (Lipinski definition) is 1. The van der Waals surface area contributed by atoms with Crippen LogP contribution in [0.4, 0.5) is 0 Å². The first-order valence-corrected chi connectivity index (χ1v) is 11.2. The summed E-state index contributed by atoms with van der Waals surface area (Å²) in [7, 11) is 0. The van der Waals surface area contributed by atoms with Crippen molar-refractivity contribution in [2.75, 3.05) is 0 Å². The highest BCUT2D eigenvalue weighted by molar-refractivity contribution is 5.83. The fraction of sp³-hybridized carbons (Fsp3) is 0.320. The monoisotopic (exact) mass is 443 g/mol. The predicted octanol–water partition coefficient (Wildman–Crippen LogP) is 3.79. The first kappa shape index (κ1) is 21.1. The molecule has 3 aromatic heterocycles. The van der Waals surface area contributed by atoms with Gasteiger partial charge in [-0.3, -0.25) is 9.59 Å². The zero-order valence-corrected chi connectivity index (χ0v) is 18.7. The maximum atomic E-state index is 13.3. The van der Waals surface area contributed by atoms with Gasteiger partial charge in [-0.25, -0.2) is 4.98 Å². The summed E-state index contributed by atoms with van der Waals surface area (Å²) < 4.78 is 7.18. The molecule has 1 fully saturated rings. The third-order valence-corrected chi connectivity index (χ3v) is 6.14. The Balaban J connectivity index is 1.56. The number of amides is 1. The number of pyridine rings is 2. The minimum atomic E-state index is -0.259. The van der Waals surface area contributed by atoms with E-state index in [1.165, 1.54) is 0 Å². The van der Waals surface area contributed by atoms with Gasteiger partial charge in [-0.05, 0) is 44.4 Å². The molecule has 0 unspecified atom stereocenters. The zero-order chi connectivity index (χ0) is 22.9. The number of carbonyl (C=O) groups is 1. The van der Waals surface area contributed by atoms with E-state index in [4.69, 9.17) is 4.52 Å². The molecule has 0 radical (unpaired) electrons. The number of nitrogens with one attached hydrogen (secondary N) is 1. The smallest absolute Gasteiger partial charge is 0.263 e. The van der Waals surface area contributed by atoms with Gasteiger partial charge in [-0.2, -0.15) is 4.98 Å². The largest absolute Gasteiger partial charge is 0.352 e. The average molecular weight is 444 g/mol. The molecule has 0 atom stereocenters. The maximum Gasteiger partial charge on any atom is 0.263 e. The second-order valence-electron chi connectivity index (χ2n) is 8.61. The van der Waals surface area contributed by atoms with Crippen LogP contribution in [0.15, 0.2) is 51.9 Å². The van der Waals surface area contributed by atoms with Gasteiger partial charge in [0, 0.05) is 23.5 Å². The molecule has 1 amide bonds. The number of hydrogen-bond acceptors (Lipinski definition) is 6. The SMILES string of the molecule is Cc1ccc2c(=O)c(-c3nc(-c4ccccc4C)no3)cn(CC(=O)NC3CCCC3)c2n1. The Morgan fingerprint density at radius 3 is 2.67 bits per heavy atom. The van der Waals surface area contributed by atoms with Crippen molar-refractivity contribution in [3.8, 4) is 22.8 Å². The number of benzene rings is 1. The first-order chi connectivity index (χ1) is 16.0. The van der Waals surface area contributed by atoms with Crippen LogP contribution in [0.3, 0.4) is 0 Å².